The van der Waals surface area contributed by atoms with Gasteiger partial charge in [0, 0.05) is 11.7 Å². The second-order valence-electron chi connectivity index (χ2n) is 1.63. The average Bonchev–Trinajstić information content (AvgIpc) is 1.84. The molecule has 0 aliphatic heterocycles. The lowest BCUT2D eigenvalue weighted by Crippen LogP contribution is -2.16. The van der Waals surface area contributed by atoms with Gasteiger partial charge in [0.2, 0.25) is 5.95 Å². The normalized spacial score (nSPS) is 9.90. The van der Waals surface area contributed by atoms with E-state index < -0.39 is 23.2 Å². The summed E-state index contributed by atoms with van der Waals surface area (Å²) in [7, 11) is 4.80. The molecule has 0 amide bonds. The Morgan fingerprint density at radius 2 is 1.80 bits per heavy atom. The van der Waals surface area contributed by atoms with Gasteiger partial charge in [0.05, 0.1) is 0 Å². The molecule has 0 fully saturated rings. The number of hydrogen-bond acceptors (Lipinski definition) is 1. The van der Waals surface area contributed by atoms with Gasteiger partial charge in [0.25, 0.3) is 0 Å². The molecule has 0 saturated carbocycles. The van der Waals surface area contributed by atoms with E-state index in [0.717, 1.165) is 0 Å². The van der Waals surface area contributed by atoms with Gasteiger partial charge in [-0.25, -0.2) is 13.8 Å². The smallest absolute Gasteiger partial charge is 0.231 e. The molecule has 1 aromatic rings. The van der Waals surface area contributed by atoms with Crippen LogP contribution in [0.5, 0.6) is 0 Å². The quantitative estimate of drug-likeness (QED) is 0.375. The summed E-state index contributed by atoms with van der Waals surface area (Å²) in [6.45, 7) is 0. The number of pyridine rings is 1. The van der Waals surface area contributed by atoms with Crippen LogP contribution in [0.4, 0.5) is 13.2 Å². The Bertz CT molecular complexity index is 213. The third kappa shape index (κ3) is 1.12. The molecule has 1 aromatic heterocycles. The molecule has 2 radical (unpaired) electrons. The van der Waals surface area contributed by atoms with Gasteiger partial charge in [0.15, 0.2) is 5.82 Å². The molecule has 0 N–H and O–H groups in total. The van der Waals surface area contributed by atoms with Crippen LogP contribution >= 0.6 is 0 Å². The van der Waals surface area contributed by atoms with E-state index in [-0.39, 0.29) is 0 Å². The van der Waals surface area contributed by atoms with Crippen molar-refractivity contribution >= 4 is 13.4 Å². The van der Waals surface area contributed by atoms with Gasteiger partial charge in [-0.15, -0.1) is 0 Å². The van der Waals surface area contributed by atoms with E-state index in [0.29, 0.717) is 6.07 Å². The minimum absolute atomic E-state index is 0.345. The van der Waals surface area contributed by atoms with Crippen LogP contribution in [-0.2, 0) is 0 Å². The topological polar surface area (TPSA) is 12.9 Å². The first kappa shape index (κ1) is 7.12. The number of aromatic nitrogens is 1. The maximum atomic E-state index is 12.2. The predicted molar refractivity (Wildman–Crippen MR) is 29.5 cm³/mol. The highest BCUT2D eigenvalue weighted by Gasteiger charge is 2.06. The van der Waals surface area contributed by atoms with Crippen LogP contribution in [0.1, 0.15) is 0 Å². The van der Waals surface area contributed by atoms with Crippen molar-refractivity contribution in [2.75, 3.05) is 0 Å². The summed E-state index contributed by atoms with van der Waals surface area (Å²) in [4.78, 5) is 2.73. The predicted octanol–water partition coefficient (Wildman–Crippen LogP) is 0.293. The fraction of sp³-hybridized carbons (Fsp3) is 0. The summed E-state index contributed by atoms with van der Waals surface area (Å²) < 4.78 is 36.2. The molecule has 0 aliphatic rings. The van der Waals surface area contributed by atoms with Crippen LogP contribution in [0, 0.1) is 17.6 Å². The first-order valence-corrected chi connectivity index (χ1v) is 2.38. The number of rotatable bonds is 0. The second-order valence-corrected chi connectivity index (χ2v) is 1.63. The minimum Gasteiger partial charge on any atom is -0.231 e. The van der Waals surface area contributed by atoms with Crippen molar-refractivity contribution in [3.05, 3.63) is 23.6 Å². The molecule has 1 nitrogen and oxygen atoms in total. The van der Waals surface area contributed by atoms with Crippen LogP contribution in [0.15, 0.2) is 6.07 Å². The second kappa shape index (κ2) is 2.32. The molecule has 0 bridgehead atoms. The van der Waals surface area contributed by atoms with Crippen LogP contribution in [0.3, 0.4) is 0 Å². The van der Waals surface area contributed by atoms with Crippen molar-refractivity contribution in [1.29, 1.82) is 0 Å². The summed E-state index contributed by atoms with van der Waals surface area (Å²) >= 11 is 0. The largest absolute Gasteiger partial charge is 0.248 e. The average molecular weight is 143 g/mol. The molecule has 50 valence electrons. The Morgan fingerprint density at radius 3 is 2.30 bits per heavy atom. The zero-order valence-electron chi connectivity index (χ0n) is 4.74. The third-order valence-electron chi connectivity index (χ3n) is 0.914. The van der Waals surface area contributed by atoms with Gasteiger partial charge in [-0.1, -0.05) is 0 Å². The van der Waals surface area contributed by atoms with E-state index in [1.165, 1.54) is 0 Å². The SMILES string of the molecule is [B]c1nc(F)c(F)cc1F. The third-order valence-corrected chi connectivity index (χ3v) is 0.914. The summed E-state index contributed by atoms with van der Waals surface area (Å²) in [5, 5.41) is 0. The van der Waals surface area contributed by atoms with Gasteiger partial charge >= 0.3 is 0 Å². The molecule has 0 saturated heterocycles. The Balaban J connectivity index is 3.28. The van der Waals surface area contributed by atoms with Crippen molar-refractivity contribution in [3.63, 3.8) is 0 Å². The fourth-order valence-corrected chi connectivity index (χ4v) is 0.457. The first-order valence-electron chi connectivity index (χ1n) is 2.38. The van der Waals surface area contributed by atoms with Gasteiger partial charge in [-0.2, -0.15) is 4.39 Å². The van der Waals surface area contributed by atoms with E-state index in [1.54, 1.807) is 0 Å². The van der Waals surface area contributed by atoms with Gasteiger partial charge < -0.3 is 0 Å². The molecule has 0 atom stereocenters. The number of halogens is 3. The van der Waals surface area contributed by atoms with Gasteiger partial charge in [-0.3, -0.25) is 0 Å². The molecular weight excluding hydrogens is 142 g/mol. The molecule has 1 heterocycles. The monoisotopic (exact) mass is 143 g/mol. The van der Waals surface area contributed by atoms with Gasteiger partial charge in [0.1, 0.15) is 13.7 Å². The van der Waals surface area contributed by atoms with E-state index in [9.17, 15) is 13.2 Å². The maximum Gasteiger partial charge on any atom is 0.248 e. The van der Waals surface area contributed by atoms with Crippen LogP contribution in [0.25, 0.3) is 0 Å². The van der Waals surface area contributed by atoms with E-state index in [4.69, 9.17) is 7.85 Å². The maximum absolute atomic E-state index is 12.2. The van der Waals surface area contributed by atoms with Crippen molar-refractivity contribution in [2.45, 2.75) is 0 Å². The molecule has 5 heteroatoms. The summed E-state index contributed by atoms with van der Waals surface area (Å²) in [5.74, 6) is -3.79. The Kier molecular flexibility index (Phi) is 1.65. The van der Waals surface area contributed by atoms with Gasteiger partial charge in [-0.05, 0) is 0 Å². The Morgan fingerprint density at radius 1 is 1.20 bits per heavy atom. The van der Waals surface area contributed by atoms with E-state index in [1.807, 2.05) is 0 Å². The summed E-state index contributed by atoms with van der Waals surface area (Å²) in [6, 6.07) is 0.345. The van der Waals surface area contributed by atoms with Crippen molar-refractivity contribution in [1.82, 2.24) is 4.98 Å². The van der Waals surface area contributed by atoms with E-state index in [2.05, 4.69) is 4.98 Å². The number of hydrogen-bond donors (Lipinski definition) is 0. The first-order chi connectivity index (χ1) is 4.61. The zero-order valence-corrected chi connectivity index (χ0v) is 4.74. The molecule has 0 aliphatic carbocycles. The lowest BCUT2D eigenvalue weighted by atomic mass is 10.0. The van der Waals surface area contributed by atoms with Crippen LogP contribution in [0.2, 0.25) is 0 Å². The standard InChI is InChI=1S/C5HBF3N/c6-4-2(7)1-3(8)5(9)10-4/h1H. The van der Waals surface area contributed by atoms with Crippen molar-refractivity contribution < 1.29 is 13.2 Å². The van der Waals surface area contributed by atoms with Crippen molar-refractivity contribution in [2.24, 2.45) is 0 Å². The van der Waals surface area contributed by atoms with Crippen LogP contribution < -0.4 is 5.59 Å². The highest BCUT2D eigenvalue weighted by Crippen LogP contribution is 2.00. The summed E-state index contributed by atoms with van der Waals surface area (Å²) in [6.07, 6.45) is 0. The summed E-state index contributed by atoms with van der Waals surface area (Å²) in [5.41, 5.74) is -0.640. The molecule has 0 aromatic carbocycles. The molecule has 1 rings (SSSR count). The lowest BCUT2D eigenvalue weighted by Gasteiger charge is -1.95. The lowest BCUT2D eigenvalue weighted by molar-refractivity contribution is 0.469. The minimum atomic E-state index is -1.39. The molecular formula is C5HBF3N. The zero-order chi connectivity index (χ0) is 7.72. The highest BCUT2D eigenvalue weighted by atomic mass is 19.2. The highest BCUT2D eigenvalue weighted by molar-refractivity contribution is 6.30. The fourth-order valence-electron chi connectivity index (χ4n) is 0.457. The molecule has 10 heavy (non-hydrogen) atoms. The molecule has 0 spiro atoms. The van der Waals surface area contributed by atoms with Crippen molar-refractivity contribution in [3.8, 4) is 0 Å². The number of nitrogens with zero attached hydrogens (tertiary/aromatic N) is 1. The molecule has 0 unspecified atom stereocenters. The Labute approximate surface area is 56.3 Å². The Hall–Kier alpha value is -0.995. The van der Waals surface area contributed by atoms with E-state index >= 15 is 0 Å². The van der Waals surface area contributed by atoms with Crippen LogP contribution in [-0.4, -0.2) is 12.8 Å².